The van der Waals surface area contributed by atoms with E-state index in [4.69, 9.17) is 0 Å². The summed E-state index contributed by atoms with van der Waals surface area (Å²) in [5.41, 5.74) is -1.33. The molecule has 0 spiro atoms. The summed E-state index contributed by atoms with van der Waals surface area (Å²) >= 11 is 1.51. The SMILES string of the molecule is CN(C[C@@H](NC(=O)N[C@H](C(=O)N1CCC[C@H]1C(=O)N[C@@H](CC(F)F)C(=O)NCCc1cccs1)C(C)(C)C)C(C)(C)C)S(C)(C)(=O)O. The number of thiophene rings is 1. The van der Waals surface area contributed by atoms with Gasteiger partial charge in [0.05, 0.1) is 0 Å². The van der Waals surface area contributed by atoms with E-state index >= 15 is 0 Å². The van der Waals surface area contributed by atoms with Crippen molar-refractivity contribution in [3.8, 4) is 0 Å². The van der Waals surface area contributed by atoms with Gasteiger partial charge in [0.2, 0.25) is 24.1 Å². The van der Waals surface area contributed by atoms with Crippen molar-refractivity contribution in [2.24, 2.45) is 10.8 Å². The van der Waals surface area contributed by atoms with Crippen LogP contribution in [0.15, 0.2) is 17.5 Å². The molecule has 0 bridgehead atoms. The van der Waals surface area contributed by atoms with Gasteiger partial charge in [0.15, 0.2) is 0 Å². The number of hydrogen-bond acceptors (Lipinski definition) is 6. The largest absolute Gasteiger partial charge is 0.354 e. The number of rotatable bonds is 14. The molecule has 0 unspecified atom stereocenters. The summed E-state index contributed by atoms with van der Waals surface area (Å²) in [6.07, 6.45) is -0.0330. The van der Waals surface area contributed by atoms with E-state index in [1.807, 2.05) is 38.3 Å². The molecule has 1 aliphatic heterocycles. The molecule has 1 aromatic heterocycles. The van der Waals surface area contributed by atoms with Crippen LogP contribution in [0.25, 0.3) is 0 Å². The van der Waals surface area contributed by atoms with Gasteiger partial charge in [-0.2, -0.15) is 4.21 Å². The Morgan fingerprint density at radius 3 is 2.23 bits per heavy atom. The van der Waals surface area contributed by atoms with E-state index < -0.39 is 81.1 Å². The van der Waals surface area contributed by atoms with Gasteiger partial charge in [-0.05, 0) is 41.5 Å². The summed E-state index contributed by atoms with van der Waals surface area (Å²) in [5.74, 6) is -1.98. The fraction of sp³-hybridized carbons (Fsp3) is 0.742. The minimum atomic E-state index is -4.08. The summed E-state index contributed by atoms with van der Waals surface area (Å²) in [5, 5.41) is 12.6. The number of nitrogens with zero attached hydrogens (tertiary/aromatic N) is 2. The Morgan fingerprint density at radius 2 is 1.72 bits per heavy atom. The van der Waals surface area contributed by atoms with E-state index in [9.17, 15) is 36.7 Å². The number of urea groups is 1. The quantitative estimate of drug-likeness (QED) is 0.200. The average molecular weight is 709 g/mol. The first kappa shape index (κ1) is 40.5. The van der Waals surface area contributed by atoms with Crippen LogP contribution in [-0.2, 0) is 30.3 Å². The van der Waals surface area contributed by atoms with Crippen LogP contribution < -0.4 is 21.3 Å². The Labute approximate surface area is 281 Å². The van der Waals surface area contributed by atoms with Gasteiger partial charge in [-0.25, -0.2) is 17.9 Å². The molecule has 12 nitrogen and oxygen atoms in total. The number of halogens is 2. The molecular weight excluding hydrogens is 655 g/mol. The van der Waals surface area contributed by atoms with Crippen molar-refractivity contribution in [1.82, 2.24) is 30.5 Å². The Kier molecular flexibility index (Phi) is 13.5. The highest BCUT2D eigenvalue weighted by molar-refractivity contribution is 8.11. The summed E-state index contributed by atoms with van der Waals surface area (Å²) in [6, 6.07) is -1.08. The van der Waals surface area contributed by atoms with Gasteiger partial charge in [0, 0.05) is 56.5 Å². The van der Waals surface area contributed by atoms with Crippen LogP contribution in [0.2, 0.25) is 0 Å². The topological polar surface area (TPSA) is 160 Å². The number of alkyl halides is 2. The van der Waals surface area contributed by atoms with Crippen LogP contribution in [0.3, 0.4) is 0 Å². The molecule has 1 saturated heterocycles. The number of carbonyl (C=O) groups excluding carboxylic acids is 4. The zero-order valence-corrected chi connectivity index (χ0v) is 30.7. The number of amides is 5. The smallest absolute Gasteiger partial charge is 0.315 e. The predicted molar refractivity (Wildman–Crippen MR) is 182 cm³/mol. The summed E-state index contributed by atoms with van der Waals surface area (Å²) in [4.78, 5) is 55.9. The molecule has 2 heterocycles. The Balaban J connectivity index is 2.17. The molecule has 0 aromatic carbocycles. The maximum absolute atomic E-state index is 14.0. The van der Waals surface area contributed by atoms with Gasteiger partial charge in [-0.15, -0.1) is 20.9 Å². The first-order chi connectivity index (χ1) is 21.4. The molecule has 0 saturated carbocycles. The van der Waals surface area contributed by atoms with E-state index in [0.717, 1.165) is 4.88 Å². The van der Waals surface area contributed by atoms with E-state index in [0.29, 0.717) is 12.8 Å². The van der Waals surface area contributed by atoms with Crippen LogP contribution in [0.5, 0.6) is 0 Å². The molecule has 1 fully saturated rings. The number of likely N-dealkylation sites (tertiary alicyclic amines) is 1. The van der Waals surface area contributed by atoms with Crippen LogP contribution >= 0.6 is 11.3 Å². The summed E-state index contributed by atoms with van der Waals surface area (Å²) in [7, 11) is -2.59. The molecule has 5 amide bonds. The average Bonchev–Trinajstić information content (AvgIpc) is 3.60. The zero-order chi connectivity index (χ0) is 36.0. The fourth-order valence-electron chi connectivity index (χ4n) is 5.02. The second-order valence-corrected chi connectivity index (χ2v) is 19.9. The minimum absolute atomic E-state index is 0.0513. The molecule has 5 N–H and O–H groups in total. The maximum Gasteiger partial charge on any atom is 0.315 e. The molecule has 1 aliphatic rings. The summed E-state index contributed by atoms with van der Waals surface area (Å²) in [6.45, 7) is 11.4. The molecule has 4 atom stereocenters. The van der Waals surface area contributed by atoms with Crippen molar-refractivity contribution in [3.63, 3.8) is 0 Å². The van der Waals surface area contributed by atoms with E-state index in [-0.39, 0.29) is 26.1 Å². The van der Waals surface area contributed by atoms with Gasteiger partial charge >= 0.3 is 6.03 Å². The molecule has 16 heteroatoms. The predicted octanol–water partition coefficient (Wildman–Crippen LogP) is 3.07. The highest BCUT2D eigenvalue weighted by Gasteiger charge is 2.43. The lowest BCUT2D eigenvalue weighted by Crippen LogP contribution is -2.62. The maximum atomic E-state index is 14.0. The van der Waals surface area contributed by atoms with Crippen LogP contribution in [-0.4, -0.2) is 112 Å². The second kappa shape index (κ2) is 15.7. The third-order valence-corrected chi connectivity index (χ3v) is 11.1. The first-order valence-electron chi connectivity index (χ1n) is 15.7. The van der Waals surface area contributed by atoms with Crippen molar-refractivity contribution in [3.05, 3.63) is 22.4 Å². The third kappa shape index (κ3) is 12.7. The van der Waals surface area contributed by atoms with Crippen LogP contribution in [0.1, 0.15) is 65.7 Å². The first-order valence-corrected chi connectivity index (χ1v) is 19.3. The van der Waals surface area contributed by atoms with Gasteiger partial charge in [0.25, 0.3) is 0 Å². The highest BCUT2D eigenvalue weighted by atomic mass is 32.3. The number of carbonyl (C=O) groups is 4. The molecule has 0 radical (unpaired) electrons. The number of hydrogen-bond donors (Lipinski definition) is 5. The normalized spacial score (nSPS) is 18.6. The van der Waals surface area contributed by atoms with Gasteiger partial charge in [0.1, 0.15) is 18.1 Å². The van der Waals surface area contributed by atoms with E-state index in [2.05, 4.69) is 21.3 Å². The molecule has 270 valence electrons. The lowest BCUT2D eigenvalue weighted by Gasteiger charge is -2.46. The van der Waals surface area contributed by atoms with Gasteiger partial charge in [-0.1, -0.05) is 47.6 Å². The van der Waals surface area contributed by atoms with Crippen LogP contribution in [0, 0.1) is 10.8 Å². The van der Waals surface area contributed by atoms with Crippen molar-refractivity contribution in [1.29, 1.82) is 0 Å². The standard InChI is InChI=1S/C31H54F2N6O6S2/c1-30(2,3)23(19-38(7)47(8,9,44)45)36-29(43)37-25(31(4,5)6)28(42)39-16-10-13-22(39)27(41)35-21(18-24(32)33)26(40)34-15-14-20-12-11-17-46-20/h11-12,17,21-25H,10,13-16,18-19H2,1-9H3,(H,34,40)(H,35,41)(H,44,45)(H2,36,37,43)/t21-,22-,23+,25+/m0/s1. The number of nitrogens with one attached hydrogen (secondary N) is 4. The van der Waals surface area contributed by atoms with Crippen molar-refractivity contribution >= 4 is 44.6 Å². The zero-order valence-electron chi connectivity index (χ0n) is 29.0. The third-order valence-electron chi connectivity index (χ3n) is 8.20. The number of likely N-dealkylation sites (N-methyl/N-ethyl adjacent to an activating group) is 1. The van der Waals surface area contributed by atoms with Crippen molar-refractivity contribution in [2.75, 3.05) is 39.2 Å². The van der Waals surface area contributed by atoms with Crippen LogP contribution in [0.4, 0.5) is 13.6 Å². The van der Waals surface area contributed by atoms with Crippen molar-refractivity contribution < 1.29 is 36.7 Å². The molecule has 2 rings (SSSR count). The molecule has 1 aromatic rings. The second-order valence-electron chi connectivity index (χ2n) is 14.8. The van der Waals surface area contributed by atoms with Gasteiger partial charge in [-0.3, -0.25) is 18.9 Å². The Morgan fingerprint density at radius 1 is 1.09 bits per heavy atom. The van der Waals surface area contributed by atoms with Crippen molar-refractivity contribution in [2.45, 2.75) is 97.8 Å². The lowest BCUT2D eigenvalue weighted by atomic mass is 9.85. The summed E-state index contributed by atoms with van der Waals surface area (Å²) < 4.78 is 51.3. The molecule has 0 aliphatic carbocycles. The monoisotopic (exact) mass is 708 g/mol. The molecule has 47 heavy (non-hydrogen) atoms. The minimum Gasteiger partial charge on any atom is -0.354 e. The highest BCUT2D eigenvalue weighted by Crippen LogP contribution is 2.27. The molecular formula is C31H54F2N6O6S2. The fourth-order valence-corrected chi connectivity index (χ4v) is 6.30. The lowest BCUT2D eigenvalue weighted by molar-refractivity contribution is -0.142. The van der Waals surface area contributed by atoms with E-state index in [1.165, 1.54) is 40.1 Å². The van der Waals surface area contributed by atoms with E-state index in [1.54, 1.807) is 20.8 Å². The van der Waals surface area contributed by atoms with Gasteiger partial charge < -0.3 is 26.2 Å². The Hall–Kier alpha value is -2.69. The Bertz CT molecular complexity index is 1300.